The molecular weight excluding hydrogens is 220 g/mol. The van der Waals surface area contributed by atoms with E-state index in [2.05, 4.69) is 70.1 Å². The lowest BCUT2D eigenvalue weighted by atomic mass is 10.0. The molecule has 1 unspecified atom stereocenters. The van der Waals surface area contributed by atoms with E-state index < -0.39 is 0 Å². The van der Waals surface area contributed by atoms with Gasteiger partial charge >= 0.3 is 0 Å². The van der Waals surface area contributed by atoms with E-state index in [-0.39, 0.29) is 0 Å². The minimum atomic E-state index is 0.421. The number of nitrogens with zero attached hydrogens (tertiary/aromatic N) is 1. The van der Waals surface area contributed by atoms with Crippen molar-refractivity contribution < 1.29 is 0 Å². The van der Waals surface area contributed by atoms with E-state index in [1.54, 1.807) is 0 Å². The van der Waals surface area contributed by atoms with E-state index >= 15 is 0 Å². The van der Waals surface area contributed by atoms with Gasteiger partial charge in [-0.1, -0.05) is 18.2 Å². The van der Waals surface area contributed by atoms with Crippen LogP contribution < -0.4 is 5.32 Å². The molecule has 0 aliphatic carbocycles. The molecule has 2 nitrogen and oxygen atoms in total. The van der Waals surface area contributed by atoms with Crippen molar-refractivity contribution in [2.75, 3.05) is 20.1 Å². The van der Waals surface area contributed by atoms with Gasteiger partial charge in [0.25, 0.3) is 0 Å². The van der Waals surface area contributed by atoms with Gasteiger partial charge in [-0.05, 0) is 58.4 Å². The fourth-order valence-electron chi connectivity index (χ4n) is 1.87. The van der Waals surface area contributed by atoms with Crippen molar-refractivity contribution in [3.8, 4) is 0 Å². The molecule has 1 N–H and O–H groups in total. The molecule has 1 aromatic rings. The molecule has 18 heavy (non-hydrogen) atoms. The molecule has 2 heteroatoms. The predicted molar refractivity (Wildman–Crippen MR) is 80.1 cm³/mol. The number of hydrogen-bond acceptors (Lipinski definition) is 2. The molecule has 1 aromatic carbocycles. The van der Waals surface area contributed by atoms with Gasteiger partial charge in [0.1, 0.15) is 0 Å². The number of aryl methyl sites for hydroxylation is 2. The van der Waals surface area contributed by atoms with Crippen LogP contribution in [0.25, 0.3) is 0 Å². The zero-order chi connectivity index (χ0) is 13.7. The smallest absolute Gasteiger partial charge is 0.0292 e. The van der Waals surface area contributed by atoms with E-state index in [1.807, 2.05) is 0 Å². The van der Waals surface area contributed by atoms with Gasteiger partial charge in [-0.3, -0.25) is 0 Å². The molecule has 0 fully saturated rings. The van der Waals surface area contributed by atoms with Gasteiger partial charge < -0.3 is 10.2 Å². The summed E-state index contributed by atoms with van der Waals surface area (Å²) in [4.78, 5) is 2.36. The summed E-state index contributed by atoms with van der Waals surface area (Å²) in [5.74, 6) is 0. The first-order valence-corrected chi connectivity index (χ1v) is 6.92. The first kappa shape index (κ1) is 15.2. The van der Waals surface area contributed by atoms with Gasteiger partial charge in [0, 0.05) is 25.2 Å². The summed E-state index contributed by atoms with van der Waals surface area (Å²) in [7, 11) is 2.17. The summed E-state index contributed by atoms with van der Waals surface area (Å²) in [6.07, 6.45) is 0. The van der Waals surface area contributed by atoms with Gasteiger partial charge in [-0.25, -0.2) is 0 Å². The van der Waals surface area contributed by atoms with Crippen LogP contribution in [-0.4, -0.2) is 31.1 Å². The van der Waals surface area contributed by atoms with E-state index in [0.717, 1.165) is 13.1 Å². The molecule has 102 valence electrons. The Bertz CT molecular complexity index is 371. The third-order valence-corrected chi connectivity index (χ3v) is 3.83. The molecule has 1 atom stereocenters. The van der Waals surface area contributed by atoms with Gasteiger partial charge in [0.15, 0.2) is 0 Å². The Labute approximate surface area is 112 Å². The van der Waals surface area contributed by atoms with Crippen molar-refractivity contribution >= 4 is 0 Å². The zero-order valence-corrected chi connectivity index (χ0v) is 12.7. The lowest BCUT2D eigenvalue weighted by Crippen LogP contribution is -2.34. The van der Waals surface area contributed by atoms with Gasteiger partial charge in [-0.15, -0.1) is 0 Å². The Morgan fingerprint density at radius 2 is 1.78 bits per heavy atom. The van der Waals surface area contributed by atoms with Crippen LogP contribution in [-0.2, 0) is 0 Å². The van der Waals surface area contributed by atoms with Gasteiger partial charge in [-0.2, -0.15) is 0 Å². The van der Waals surface area contributed by atoms with Crippen molar-refractivity contribution in [2.24, 2.45) is 0 Å². The van der Waals surface area contributed by atoms with Crippen molar-refractivity contribution in [2.45, 2.75) is 46.7 Å². The maximum atomic E-state index is 3.59. The topological polar surface area (TPSA) is 15.3 Å². The van der Waals surface area contributed by atoms with Crippen LogP contribution >= 0.6 is 0 Å². The monoisotopic (exact) mass is 248 g/mol. The van der Waals surface area contributed by atoms with E-state index in [9.17, 15) is 0 Å². The van der Waals surface area contributed by atoms with E-state index in [1.165, 1.54) is 16.7 Å². The summed E-state index contributed by atoms with van der Waals surface area (Å²) in [5.41, 5.74) is 4.12. The highest BCUT2D eigenvalue weighted by molar-refractivity contribution is 5.31. The molecule has 0 bridgehead atoms. The second-order valence-corrected chi connectivity index (χ2v) is 5.59. The first-order valence-electron chi connectivity index (χ1n) is 6.92. The standard InChI is InChI=1S/C16H28N2/c1-12(2)18(6)10-9-17-15(5)16-8-7-13(3)14(4)11-16/h7-8,11-12,15,17H,9-10H2,1-6H3. The maximum absolute atomic E-state index is 3.59. The number of hydrogen-bond donors (Lipinski definition) is 1. The largest absolute Gasteiger partial charge is 0.309 e. The van der Waals surface area contributed by atoms with Crippen LogP contribution in [0.15, 0.2) is 18.2 Å². The van der Waals surface area contributed by atoms with Crippen molar-refractivity contribution in [3.05, 3.63) is 34.9 Å². The fourth-order valence-corrected chi connectivity index (χ4v) is 1.87. The molecule has 0 saturated carbocycles. The van der Waals surface area contributed by atoms with Gasteiger partial charge in [0.05, 0.1) is 0 Å². The Morgan fingerprint density at radius 1 is 1.11 bits per heavy atom. The average molecular weight is 248 g/mol. The molecule has 0 amide bonds. The third kappa shape index (κ3) is 4.43. The van der Waals surface area contributed by atoms with Crippen LogP contribution in [0.2, 0.25) is 0 Å². The highest BCUT2D eigenvalue weighted by Crippen LogP contribution is 2.16. The normalized spacial score (nSPS) is 13.3. The second kappa shape index (κ2) is 6.91. The maximum Gasteiger partial charge on any atom is 0.0292 e. The van der Waals surface area contributed by atoms with Crippen LogP contribution in [0.4, 0.5) is 0 Å². The zero-order valence-electron chi connectivity index (χ0n) is 12.7. The number of rotatable bonds is 6. The molecule has 0 heterocycles. The molecule has 0 radical (unpaired) electrons. The summed E-state index contributed by atoms with van der Waals surface area (Å²) < 4.78 is 0. The molecule has 0 aliphatic heterocycles. The predicted octanol–water partition coefficient (Wildman–Crippen LogP) is 3.29. The van der Waals surface area contributed by atoms with Crippen LogP contribution in [0.5, 0.6) is 0 Å². The highest BCUT2D eigenvalue weighted by atomic mass is 15.1. The number of likely N-dealkylation sites (N-methyl/N-ethyl adjacent to an activating group) is 1. The Balaban J connectivity index is 2.45. The fraction of sp³-hybridized carbons (Fsp3) is 0.625. The molecular formula is C16H28N2. The minimum Gasteiger partial charge on any atom is -0.309 e. The summed E-state index contributed by atoms with van der Waals surface area (Å²) in [6.45, 7) is 13.2. The number of benzene rings is 1. The molecule has 0 spiro atoms. The quantitative estimate of drug-likeness (QED) is 0.831. The highest BCUT2D eigenvalue weighted by Gasteiger charge is 2.07. The van der Waals surface area contributed by atoms with Gasteiger partial charge in [0.2, 0.25) is 0 Å². The first-order chi connectivity index (χ1) is 8.41. The Morgan fingerprint density at radius 3 is 2.33 bits per heavy atom. The Kier molecular flexibility index (Phi) is 5.83. The summed E-state index contributed by atoms with van der Waals surface area (Å²) in [5, 5.41) is 3.59. The lowest BCUT2D eigenvalue weighted by molar-refractivity contribution is 0.270. The second-order valence-electron chi connectivity index (χ2n) is 5.59. The van der Waals surface area contributed by atoms with Crippen molar-refractivity contribution in [1.82, 2.24) is 10.2 Å². The van der Waals surface area contributed by atoms with Crippen molar-refractivity contribution in [1.29, 1.82) is 0 Å². The summed E-state index contributed by atoms with van der Waals surface area (Å²) in [6, 6.07) is 7.77. The molecule has 0 aromatic heterocycles. The number of nitrogens with one attached hydrogen (secondary N) is 1. The lowest BCUT2D eigenvalue weighted by Gasteiger charge is -2.23. The minimum absolute atomic E-state index is 0.421. The molecule has 0 aliphatic rings. The average Bonchev–Trinajstić information content (AvgIpc) is 2.32. The molecule has 1 rings (SSSR count). The van der Waals surface area contributed by atoms with E-state index in [4.69, 9.17) is 0 Å². The summed E-state index contributed by atoms with van der Waals surface area (Å²) >= 11 is 0. The third-order valence-electron chi connectivity index (χ3n) is 3.83. The Hall–Kier alpha value is -0.860. The van der Waals surface area contributed by atoms with Crippen LogP contribution in [0, 0.1) is 13.8 Å². The SMILES string of the molecule is Cc1ccc(C(C)NCCN(C)C(C)C)cc1C. The van der Waals surface area contributed by atoms with Crippen LogP contribution in [0.1, 0.15) is 43.5 Å². The van der Waals surface area contributed by atoms with E-state index in [0.29, 0.717) is 12.1 Å². The van der Waals surface area contributed by atoms with Crippen molar-refractivity contribution in [3.63, 3.8) is 0 Å². The molecule has 0 saturated heterocycles. The van der Waals surface area contributed by atoms with Crippen LogP contribution in [0.3, 0.4) is 0 Å².